The van der Waals surface area contributed by atoms with Crippen LogP contribution >= 0.6 is 11.8 Å². The van der Waals surface area contributed by atoms with Crippen molar-refractivity contribution in [1.82, 2.24) is 4.90 Å². The highest BCUT2D eigenvalue weighted by molar-refractivity contribution is 8.00. The van der Waals surface area contributed by atoms with Crippen LogP contribution in [0, 0.1) is 0 Å². The van der Waals surface area contributed by atoms with Crippen molar-refractivity contribution >= 4 is 29.4 Å². The Hall–Kier alpha value is -3.09. The van der Waals surface area contributed by atoms with E-state index in [1.165, 1.54) is 17.0 Å². The number of thioether (sulfide) groups is 1. The monoisotopic (exact) mass is 550 g/mol. The number of carbonyl (C=O) groups is 2. The van der Waals surface area contributed by atoms with Gasteiger partial charge in [-0.1, -0.05) is 6.07 Å². The molecule has 2 atom stereocenters. The molecule has 2 aromatic carbocycles. The third kappa shape index (κ3) is 8.76. The van der Waals surface area contributed by atoms with E-state index in [9.17, 15) is 35.9 Å². The van der Waals surface area contributed by atoms with Gasteiger partial charge in [-0.25, -0.2) is 4.79 Å². The molecule has 0 saturated carbocycles. The zero-order valence-electron chi connectivity index (χ0n) is 19.5. The number of hydrogen-bond acceptors (Lipinski definition) is 4. The van der Waals surface area contributed by atoms with Crippen molar-refractivity contribution < 1.29 is 45.8 Å². The number of urea groups is 1. The maximum atomic E-state index is 13.1. The Labute approximate surface area is 213 Å². The molecule has 202 valence electrons. The molecule has 2 amide bonds. The second kappa shape index (κ2) is 11.5. The maximum Gasteiger partial charge on any atom is 0.573 e. The number of aliphatic carboxylic acids is 1. The highest BCUT2D eigenvalue weighted by atomic mass is 32.2. The summed E-state index contributed by atoms with van der Waals surface area (Å²) in [7, 11) is 0. The van der Waals surface area contributed by atoms with E-state index in [0.717, 1.165) is 39.9 Å². The lowest BCUT2D eigenvalue weighted by molar-refractivity contribution is -0.274. The fourth-order valence-corrected chi connectivity index (χ4v) is 4.82. The number of alkyl halides is 6. The zero-order chi connectivity index (χ0) is 27.4. The molecule has 0 aliphatic heterocycles. The van der Waals surface area contributed by atoms with Crippen LogP contribution in [-0.2, 0) is 17.6 Å². The molecule has 2 N–H and O–H groups in total. The predicted molar refractivity (Wildman–Crippen MR) is 125 cm³/mol. The molecule has 0 saturated heterocycles. The van der Waals surface area contributed by atoms with Crippen molar-refractivity contribution in [2.75, 3.05) is 11.9 Å². The van der Waals surface area contributed by atoms with Gasteiger partial charge in [0.15, 0.2) is 0 Å². The molecule has 1 aliphatic carbocycles. The average molecular weight is 551 g/mol. The summed E-state index contributed by atoms with van der Waals surface area (Å²) in [5.41, 5.74) is 1.92. The Balaban J connectivity index is 1.72. The molecule has 13 heteroatoms. The van der Waals surface area contributed by atoms with E-state index < -0.39 is 48.0 Å². The van der Waals surface area contributed by atoms with Crippen LogP contribution in [0.15, 0.2) is 47.4 Å². The van der Waals surface area contributed by atoms with E-state index in [-0.39, 0.29) is 18.7 Å². The maximum absolute atomic E-state index is 13.1. The molecular weight excluding hydrogens is 526 g/mol. The number of nitrogens with zero attached hydrogens (tertiary/aromatic N) is 1. The van der Waals surface area contributed by atoms with Gasteiger partial charge in [0.05, 0.1) is 0 Å². The van der Waals surface area contributed by atoms with Crippen molar-refractivity contribution in [3.8, 4) is 5.75 Å². The summed E-state index contributed by atoms with van der Waals surface area (Å²) in [5, 5.41) is 11.0. The first-order valence-corrected chi connectivity index (χ1v) is 12.1. The Kier molecular flexibility index (Phi) is 8.88. The van der Waals surface area contributed by atoms with Gasteiger partial charge in [0, 0.05) is 29.6 Å². The number of carboxylic acid groups (broad SMARTS) is 1. The molecule has 0 spiro atoms. The van der Waals surface area contributed by atoms with Crippen LogP contribution < -0.4 is 10.1 Å². The van der Waals surface area contributed by atoms with Crippen LogP contribution in [0.25, 0.3) is 0 Å². The summed E-state index contributed by atoms with van der Waals surface area (Å²) in [5.74, 6) is -1.45. The molecule has 37 heavy (non-hydrogen) atoms. The first-order valence-electron chi connectivity index (χ1n) is 11.2. The fraction of sp³-hybridized carbons (Fsp3) is 0.417. The summed E-state index contributed by atoms with van der Waals surface area (Å²) >= 11 is 1.16. The Bertz CT molecular complexity index is 1110. The molecule has 2 aromatic rings. The normalized spacial score (nSPS) is 16.1. The number of carboxylic acids is 1. The van der Waals surface area contributed by atoms with E-state index >= 15 is 0 Å². The number of fused-ring (bicyclic) bond motifs is 1. The van der Waals surface area contributed by atoms with Crippen LogP contribution in [0.5, 0.6) is 5.75 Å². The van der Waals surface area contributed by atoms with Crippen LogP contribution in [0.3, 0.4) is 0 Å². The molecule has 6 nitrogen and oxygen atoms in total. The first-order chi connectivity index (χ1) is 17.2. The lowest BCUT2D eigenvalue weighted by atomic mass is 10.1. The largest absolute Gasteiger partial charge is 0.573 e. The van der Waals surface area contributed by atoms with E-state index in [0.29, 0.717) is 12.8 Å². The standard InChI is InChI=1S/C24H24F6N2O4S/c1-14(21(33)34)37-20-8-3-15-11-18(12-16(15)13-20)32(10-2-9-23(25,26)27)22(35)31-17-4-6-19(7-5-17)36-24(28,29)30/h3-8,13-14,18H,2,9-12H2,1H3,(H,31,35)(H,33,34). The van der Waals surface area contributed by atoms with Gasteiger partial charge >= 0.3 is 24.5 Å². The summed E-state index contributed by atoms with van der Waals surface area (Å²) in [6, 6.07) is 8.70. The highest BCUT2D eigenvalue weighted by Gasteiger charge is 2.33. The van der Waals surface area contributed by atoms with Gasteiger partial charge in [0.25, 0.3) is 0 Å². The fourth-order valence-electron chi connectivity index (χ4n) is 3.95. The number of rotatable bonds is 9. The second-order valence-electron chi connectivity index (χ2n) is 8.51. The number of ether oxygens (including phenoxy) is 1. The lowest BCUT2D eigenvalue weighted by Crippen LogP contribution is -2.44. The molecule has 0 heterocycles. The van der Waals surface area contributed by atoms with Gasteiger partial charge in [0.1, 0.15) is 11.0 Å². The average Bonchev–Trinajstić information content (AvgIpc) is 3.19. The third-order valence-corrected chi connectivity index (χ3v) is 6.73. The molecule has 0 aromatic heterocycles. The number of hydrogen-bond donors (Lipinski definition) is 2. The van der Waals surface area contributed by atoms with Crippen LogP contribution in [0.4, 0.5) is 36.8 Å². The minimum Gasteiger partial charge on any atom is -0.480 e. The summed E-state index contributed by atoms with van der Waals surface area (Å²) in [6.07, 6.45) is -9.90. The summed E-state index contributed by atoms with van der Waals surface area (Å²) < 4.78 is 79.1. The van der Waals surface area contributed by atoms with Crippen molar-refractivity contribution in [2.24, 2.45) is 0 Å². The minimum atomic E-state index is -4.87. The highest BCUT2D eigenvalue weighted by Crippen LogP contribution is 2.33. The molecule has 2 unspecified atom stereocenters. The summed E-state index contributed by atoms with van der Waals surface area (Å²) in [6.45, 7) is 1.37. The van der Waals surface area contributed by atoms with Crippen LogP contribution in [-0.4, -0.2) is 52.4 Å². The van der Waals surface area contributed by atoms with Gasteiger partial charge in [-0.15, -0.1) is 24.9 Å². The van der Waals surface area contributed by atoms with E-state index in [1.807, 2.05) is 12.1 Å². The molecule has 0 radical (unpaired) electrons. The lowest BCUT2D eigenvalue weighted by Gasteiger charge is -2.29. The first kappa shape index (κ1) is 28.5. The predicted octanol–water partition coefficient (Wildman–Crippen LogP) is 6.49. The third-order valence-electron chi connectivity index (χ3n) is 5.65. The second-order valence-corrected chi connectivity index (χ2v) is 9.92. The van der Waals surface area contributed by atoms with Crippen LogP contribution in [0.2, 0.25) is 0 Å². The van der Waals surface area contributed by atoms with Crippen molar-refractivity contribution in [3.05, 3.63) is 53.6 Å². The minimum absolute atomic E-state index is 0.150. The van der Waals surface area contributed by atoms with Crippen molar-refractivity contribution in [3.63, 3.8) is 0 Å². The van der Waals surface area contributed by atoms with E-state index in [1.54, 1.807) is 13.0 Å². The smallest absolute Gasteiger partial charge is 0.480 e. The molecule has 1 aliphatic rings. The SMILES string of the molecule is CC(Sc1ccc2c(c1)CC(N(CCCC(F)(F)F)C(=O)Nc1ccc(OC(F)(F)F)cc1)C2)C(=O)O. The number of halogens is 6. The van der Waals surface area contributed by atoms with E-state index in [4.69, 9.17) is 5.11 Å². The Morgan fingerprint density at radius 1 is 1.08 bits per heavy atom. The van der Waals surface area contributed by atoms with Gasteiger partial charge < -0.3 is 20.1 Å². The van der Waals surface area contributed by atoms with Gasteiger partial charge in [0.2, 0.25) is 0 Å². The Morgan fingerprint density at radius 2 is 1.73 bits per heavy atom. The molecule has 3 rings (SSSR count). The quantitative estimate of drug-likeness (QED) is 0.276. The van der Waals surface area contributed by atoms with Gasteiger partial charge in [-0.3, -0.25) is 4.79 Å². The number of carbonyl (C=O) groups excluding carboxylic acids is 1. The Morgan fingerprint density at radius 3 is 2.32 bits per heavy atom. The number of anilines is 1. The van der Waals surface area contributed by atoms with Crippen molar-refractivity contribution in [2.45, 2.75) is 61.3 Å². The molecule has 0 bridgehead atoms. The molecular formula is C24H24F6N2O4S. The topological polar surface area (TPSA) is 78.9 Å². The van der Waals surface area contributed by atoms with Crippen LogP contribution in [0.1, 0.15) is 30.9 Å². The summed E-state index contributed by atoms with van der Waals surface area (Å²) in [4.78, 5) is 26.2. The number of amides is 2. The zero-order valence-corrected chi connectivity index (χ0v) is 20.3. The van der Waals surface area contributed by atoms with Crippen molar-refractivity contribution in [1.29, 1.82) is 0 Å². The van der Waals surface area contributed by atoms with E-state index in [2.05, 4.69) is 10.1 Å². The van der Waals surface area contributed by atoms with Gasteiger partial charge in [-0.05, 0) is 73.7 Å². The molecule has 0 fully saturated rings. The van der Waals surface area contributed by atoms with Gasteiger partial charge in [-0.2, -0.15) is 13.2 Å². The number of nitrogens with one attached hydrogen (secondary N) is 1. The number of benzene rings is 2.